The molecule has 2 rings (SSSR count). The molecule has 4 nitrogen and oxygen atoms in total. The summed E-state index contributed by atoms with van der Waals surface area (Å²) in [5, 5.41) is 0.466. The van der Waals surface area contributed by atoms with E-state index < -0.39 is 11.9 Å². The Hall–Kier alpha value is -2.04. The van der Waals surface area contributed by atoms with Crippen LogP contribution in [0.3, 0.4) is 0 Å². The van der Waals surface area contributed by atoms with Crippen molar-refractivity contribution in [2.45, 2.75) is 58.3 Å². The van der Waals surface area contributed by atoms with E-state index in [1.807, 2.05) is 0 Å². The Labute approximate surface area is 188 Å². The molecule has 6 heteroatoms. The van der Waals surface area contributed by atoms with E-state index in [0.29, 0.717) is 12.2 Å². The highest BCUT2D eigenvalue weighted by Crippen LogP contribution is 2.33. The summed E-state index contributed by atoms with van der Waals surface area (Å²) in [6, 6.07) is 11.0. The van der Waals surface area contributed by atoms with E-state index in [1.165, 1.54) is 38.2 Å². The van der Waals surface area contributed by atoms with Gasteiger partial charge in [0.15, 0.2) is 5.75 Å². The van der Waals surface area contributed by atoms with Gasteiger partial charge in [0.1, 0.15) is 0 Å². The van der Waals surface area contributed by atoms with Gasteiger partial charge in [-0.3, -0.25) is 0 Å². The molecule has 0 spiro atoms. The average Bonchev–Trinajstić information content (AvgIpc) is 2.75. The van der Waals surface area contributed by atoms with Crippen molar-refractivity contribution in [2.75, 3.05) is 6.61 Å². The summed E-state index contributed by atoms with van der Waals surface area (Å²) in [5.74, 6) is -1.01. The van der Waals surface area contributed by atoms with Crippen molar-refractivity contribution < 1.29 is 19.1 Å². The van der Waals surface area contributed by atoms with Gasteiger partial charge < -0.3 is 9.47 Å². The molecule has 0 unspecified atom stereocenters. The Morgan fingerprint density at radius 3 is 1.93 bits per heavy atom. The van der Waals surface area contributed by atoms with Gasteiger partial charge in [0.05, 0.1) is 27.8 Å². The Morgan fingerprint density at radius 1 is 0.767 bits per heavy atom. The lowest BCUT2D eigenvalue weighted by molar-refractivity contribution is 0.0497. The van der Waals surface area contributed by atoms with Crippen LogP contribution < -0.4 is 4.74 Å². The van der Waals surface area contributed by atoms with Gasteiger partial charge in [0, 0.05) is 0 Å². The van der Waals surface area contributed by atoms with Crippen molar-refractivity contribution in [3.63, 3.8) is 0 Å². The number of halogens is 2. The van der Waals surface area contributed by atoms with Gasteiger partial charge in [-0.15, -0.1) is 0 Å². The molecule has 0 radical (unpaired) electrons. The molecule has 0 atom stereocenters. The number of ether oxygens (including phenoxy) is 2. The summed E-state index contributed by atoms with van der Waals surface area (Å²) in [6.45, 7) is 2.58. The second kappa shape index (κ2) is 13.3. The van der Waals surface area contributed by atoms with Crippen LogP contribution in [0.25, 0.3) is 0 Å². The zero-order valence-corrected chi connectivity index (χ0v) is 18.8. The second-order valence-corrected chi connectivity index (χ2v) is 7.95. The van der Waals surface area contributed by atoms with Crippen LogP contribution in [0.15, 0.2) is 42.5 Å². The number of carbonyl (C=O) groups is 2. The lowest BCUT2D eigenvalue weighted by atomic mass is 10.1. The Morgan fingerprint density at radius 2 is 1.30 bits per heavy atom. The zero-order valence-electron chi connectivity index (χ0n) is 17.3. The Kier molecular flexibility index (Phi) is 10.7. The molecular formula is C24H28Cl2O4. The lowest BCUT2D eigenvalue weighted by Gasteiger charge is -2.09. The third kappa shape index (κ3) is 8.00. The highest BCUT2D eigenvalue weighted by molar-refractivity contribution is 6.37. The Balaban J connectivity index is 1.80. The molecule has 0 N–H and O–H groups in total. The van der Waals surface area contributed by atoms with Crippen LogP contribution in [0.4, 0.5) is 0 Å². The number of carbonyl (C=O) groups excluding carboxylic acids is 2. The molecular weight excluding hydrogens is 423 g/mol. The second-order valence-electron chi connectivity index (χ2n) is 7.13. The van der Waals surface area contributed by atoms with Crippen LogP contribution in [-0.4, -0.2) is 18.5 Å². The van der Waals surface area contributed by atoms with Gasteiger partial charge in [0.2, 0.25) is 0 Å². The molecule has 0 bridgehead atoms. The number of unbranched alkanes of at least 4 members (excludes halogenated alkanes) is 7. The minimum Gasteiger partial charge on any atom is -0.462 e. The average molecular weight is 451 g/mol. The van der Waals surface area contributed by atoms with Crippen LogP contribution in [0.2, 0.25) is 10.0 Å². The third-order valence-electron chi connectivity index (χ3n) is 4.68. The van der Waals surface area contributed by atoms with Crippen molar-refractivity contribution in [1.29, 1.82) is 0 Å². The van der Waals surface area contributed by atoms with Gasteiger partial charge in [-0.05, 0) is 36.8 Å². The van der Waals surface area contributed by atoms with Crippen molar-refractivity contribution >= 4 is 35.1 Å². The van der Waals surface area contributed by atoms with Crippen molar-refractivity contribution in [3.8, 4) is 5.75 Å². The lowest BCUT2D eigenvalue weighted by Crippen LogP contribution is -2.12. The predicted molar refractivity (Wildman–Crippen MR) is 121 cm³/mol. The molecule has 2 aromatic rings. The first-order valence-corrected chi connectivity index (χ1v) is 11.2. The van der Waals surface area contributed by atoms with Crippen LogP contribution in [-0.2, 0) is 4.74 Å². The van der Waals surface area contributed by atoms with Crippen molar-refractivity contribution in [1.82, 2.24) is 0 Å². The first-order valence-electron chi connectivity index (χ1n) is 10.5. The van der Waals surface area contributed by atoms with E-state index in [9.17, 15) is 9.59 Å². The third-order valence-corrected chi connectivity index (χ3v) is 5.27. The fourth-order valence-corrected chi connectivity index (χ4v) is 3.46. The maximum Gasteiger partial charge on any atom is 0.343 e. The highest BCUT2D eigenvalue weighted by atomic mass is 35.5. The van der Waals surface area contributed by atoms with E-state index in [0.717, 1.165) is 19.3 Å². The van der Waals surface area contributed by atoms with E-state index in [1.54, 1.807) is 36.4 Å². The number of hydrogen-bond donors (Lipinski definition) is 0. The number of rotatable bonds is 12. The van der Waals surface area contributed by atoms with Crippen LogP contribution in [0, 0.1) is 0 Å². The molecule has 0 saturated carbocycles. The maximum absolute atomic E-state index is 12.4. The molecule has 162 valence electrons. The molecule has 0 aliphatic carbocycles. The normalized spacial score (nSPS) is 10.6. The number of esters is 2. The first-order chi connectivity index (χ1) is 14.5. The number of para-hydroxylation sites is 1. The van der Waals surface area contributed by atoms with Gasteiger partial charge in [0.25, 0.3) is 0 Å². The van der Waals surface area contributed by atoms with Gasteiger partial charge in [-0.25, -0.2) is 9.59 Å². The highest BCUT2D eigenvalue weighted by Gasteiger charge is 2.16. The minimum absolute atomic E-state index is 0.0912. The van der Waals surface area contributed by atoms with Gasteiger partial charge in [-0.1, -0.05) is 87.2 Å². The largest absolute Gasteiger partial charge is 0.462 e. The molecule has 0 aliphatic rings. The molecule has 0 aliphatic heterocycles. The van der Waals surface area contributed by atoms with Crippen LogP contribution >= 0.6 is 23.2 Å². The zero-order chi connectivity index (χ0) is 21.8. The van der Waals surface area contributed by atoms with E-state index in [2.05, 4.69) is 6.92 Å². The fourth-order valence-electron chi connectivity index (χ4n) is 2.99. The standard InChI is InChI=1S/C24H28Cl2O4/c1-2-3-4-5-6-7-8-9-16-29-23(27)18-12-10-13-19(17-18)24(28)30-22-20(25)14-11-15-21(22)26/h10-15,17H,2-9,16H2,1H3. The van der Waals surface area contributed by atoms with Crippen LogP contribution in [0.1, 0.15) is 79.0 Å². The fraction of sp³-hybridized carbons (Fsp3) is 0.417. The molecule has 0 amide bonds. The summed E-state index contributed by atoms with van der Waals surface area (Å²) < 4.78 is 10.6. The van der Waals surface area contributed by atoms with Crippen molar-refractivity contribution in [2.24, 2.45) is 0 Å². The summed E-state index contributed by atoms with van der Waals surface area (Å²) in [7, 11) is 0. The van der Waals surface area contributed by atoms with E-state index >= 15 is 0 Å². The van der Waals surface area contributed by atoms with Crippen LogP contribution in [0.5, 0.6) is 5.75 Å². The van der Waals surface area contributed by atoms with Gasteiger partial charge >= 0.3 is 11.9 Å². The first kappa shape index (κ1) is 24.2. The molecule has 0 heterocycles. The molecule has 0 fully saturated rings. The summed E-state index contributed by atoms with van der Waals surface area (Å²) in [4.78, 5) is 24.7. The van der Waals surface area contributed by atoms with Crippen molar-refractivity contribution in [3.05, 3.63) is 63.6 Å². The maximum atomic E-state index is 12.4. The SMILES string of the molecule is CCCCCCCCCCOC(=O)c1cccc(C(=O)Oc2c(Cl)cccc2Cl)c1. The predicted octanol–water partition coefficient (Wildman–Crippen LogP) is 7.51. The number of benzene rings is 2. The summed E-state index contributed by atoms with van der Waals surface area (Å²) in [6.07, 6.45) is 9.40. The van der Waals surface area contributed by atoms with E-state index in [-0.39, 0.29) is 21.4 Å². The smallest absolute Gasteiger partial charge is 0.343 e. The molecule has 30 heavy (non-hydrogen) atoms. The molecule has 0 saturated heterocycles. The summed E-state index contributed by atoms with van der Waals surface area (Å²) >= 11 is 12.1. The van der Waals surface area contributed by atoms with Gasteiger partial charge in [-0.2, -0.15) is 0 Å². The Bertz CT molecular complexity index is 815. The molecule has 2 aromatic carbocycles. The summed E-state index contributed by atoms with van der Waals surface area (Å²) in [5.41, 5.74) is 0.516. The monoisotopic (exact) mass is 450 g/mol. The number of hydrogen-bond acceptors (Lipinski definition) is 4. The topological polar surface area (TPSA) is 52.6 Å². The molecule has 0 aromatic heterocycles. The minimum atomic E-state index is -0.650. The van der Waals surface area contributed by atoms with E-state index in [4.69, 9.17) is 32.7 Å². The quantitative estimate of drug-likeness (QED) is 0.190.